The van der Waals surface area contributed by atoms with Crippen LogP contribution in [-0.4, -0.2) is 40.9 Å². The molecule has 1 aromatic heterocycles. The summed E-state index contributed by atoms with van der Waals surface area (Å²) in [5, 5.41) is 7.45. The quantitative estimate of drug-likeness (QED) is 0.142. The first-order valence-electron chi connectivity index (χ1n) is 16.9. The zero-order chi connectivity index (χ0) is 38.0. The number of aromatic nitrogens is 2. The lowest BCUT2D eigenvalue weighted by Crippen LogP contribution is -2.34. The molecule has 1 amide bonds. The van der Waals surface area contributed by atoms with E-state index in [0.717, 1.165) is 9.65 Å². The van der Waals surface area contributed by atoms with Crippen molar-refractivity contribution in [3.05, 3.63) is 113 Å². The van der Waals surface area contributed by atoms with E-state index in [2.05, 4.69) is 10.4 Å². The van der Waals surface area contributed by atoms with Gasteiger partial charge in [-0.05, 0) is 91.3 Å². The van der Waals surface area contributed by atoms with Crippen LogP contribution < -0.4 is 10.1 Å². The van der Waals surface area contributed by atoms with Gasteiger partial charge in [0.2, 0.25) is 0 Å². The Morgan fingerprint density at radius 3 is 2.23 bits per heavy atom. The van der Waals surface area contributed by atoms with Crippen molar-refractivity contribution in [2.75, 3.05) is 0 Å². The number of nitrogens with one attached hydrogen (secondary N) is 1. The van der Waals surface area contributed by atoms with Crippen LogP contribution in [0.3, 0.4) is 0 Å². The standard InChI is InChI=1S/C40H44FN3O7S/c1-25-16-18-30(19-17-25)52(47,48)44-34-21-28(32-14-11-13-31(37(32)41)26(2)43-38(46)51-40(6,7)8)20-29(33(34)23-42-44)24-49-35-15-10-9-12-27(35)22-36(45)50-39(3,4)5/h9-21,23,26H,22,24H2,1-8H3,(H,43,46). The Hall–Kier alpha value is -5.23. The van der Waals surface area contributed by atoms with Gasteiger partial charge in [0.05, 0.1) is 29.1 Å². The van der Waals surface area contributed by atoms with Gasteiger partial charge in [-0.3, -0.25) is 4.79 Å². The second-order valence-corrected chi connectivity index (χ2v) is 16.4. The van der Waals surface area contributed by atoms with Crippen molar-refractivity contribution < 1.29 is 36.6 Å². The van der Waals surface area contributed by atoms with E-state index in [1.54, 1.807) is 115 Å². The molecule has 0 aliphatic rings. The first-order chi connectivity index (χ1) is 24.3. The highest BCUT2D eigenvalue weighted by molar-refractivity contribution is 7.90. The van der Waals surface area contributed by atoms with Crippen LogP contribution >= 0.6 is 0 Å². The number of benzene rings is 4. The number of alkyl carbamates (subject to hydrolysis) is 1. The summed E-state index contributed by atoms with van der Waals surface area (Å²) < 4.78 is 62.3. The lowest BCUT2D eigenvalue weighted by Gasteiger charge is -2.22. The van der Waals surface area contributed by atoms with Crippen molar-refractivity contribution in [3.63, 3.8) is 0 Å². The summed E-state index contributed by atoms with van der Waals surface area (Å²) in [4.78, 5) is 25.2. The van der Waals surface area contributed by atoms with Crippen LogP contribution in [-0.2, 0) is 37.3 Å². The zero-order valence-electron chi connectivity index (χ0n) is 30.6. The molecule has 0 radical (unpaired) electrons. The summed E-state index contributed by atoms with van der Waals surface area (Å²) in [6.07, 6.45) is 0.724. The predicted octanol–water partition coefficient (Wildman–Crippen LogP) is 8.44. The summed E-state index contributed by atoms with van der Waals surface area (Å²) in [7, 11) is -4.16. The Balaban J connectivity index is 1.58. The Morgan fingerprint density at radius 2 is 1.56 bits per heavy atom. The van der Waals surface area contributed by atoms with Crippen LogP contribution in [0.4, 0.5) is 9.18 Å². The second kappa shape index (κ2) is 14.8. The molecule has 1 unspecified atom stereocenters. The number of para-hydroxylation sites is 1. The van der Waals surface area contributed by atoms with Crippen LogP contribution in [0.1, 0.15) is 76.8 Å². The van der Waals surface area contributed by atoms with Crippen LogP contribution in [0.2, 0.25) is 0 Å². The van der Waals surface area contributed by atoms with Crippen molar-refractivity contribution in [1.29, 1.82) is 0 Å². The molecule has 0 aliphatic carbocycles. The fourth-order valence-electron chi connectivity index (χ4n) is 5.60. The fraction of sp³-hybridized carbons (Fsp3) is 0.325. The average Bonchev–Trinajstić information content (AvgIpc) is 3.48. The van der Waals surface area contributed by atoms with Gasteiger partial charge in [0, 0.05) is 27.6 Å². The highest BCUT2D eigenvalue weighted by Crippen LogP contribution is 2.34. The van der Waals surface area contributed by atoms with Gasteiger partial charge in [0.15, 0.2) is 0 Å². The van der Waals surface area contributed by atoms with E-state index in [1.807, 2.05) is 6.92 Å². The average molecular weight is 730 g/mol. The molecule has 1 N–H and O–H groups in total. The van der Waals surface area contributed by atoms with E-state index in [4.69, 9.17) is 14.2 Å². The fourth-order valence-corrected chi connectivity index (χ4v) is 6.86. The number of fused-ring (bicyclic) bond motifs is 1. The number of nitrogens with zero attached hydrogens (tertiary/aromatic N) is 2. The van der Waals surface area contributed by atoms with Gasteiger partial charge in [-0.15, -0.1) is 0 Å². The lowest BCUT2D eigenvalue weighted by atomic mass is 9.96. The third-order valence-electron chi connectivity index (χ3n) is 7.94. The molecular weight excluding hydrogens is 686 g/mol. The number of ether oxygens (including phenoxy) is 3. The maximum absolute atomic E-state index is 16.4. The Labute approximate surface area is 304 Å². The van der Waals surface area contributed by atoms with E-state index in [1.165, 1.54) is 18.3 Å². The van der Waals surface area contributed by atoms with Crippen LogP contribution in [0.25, 0.3) is 22.0 Å². The second-order valence-electron chi connectivity index (χ2n) is 14.6. The molecule has 12 heteroatoms. The van der Waals surface area contributed by atoms with Gasteiger partial charge < -0.3 is 19.5 Å². The van der Waals surface area contributed by atoms with Crippen molar-refractivity contribution in [3.8, 4) is 16.9 Å². The van der Waals surface area contributed by atoms with Crippen molar-refractivity contribution >= 4 is 33.0 Å². The molecule has 5 aromatic rings. The summed E-state index contributed by atoms with van der Waals surface area (Å²) in [5.41, 5.74) is 1.57. The molecule has 52 heavy (non-hydrogen) atoms. The monoisotopic (exact) mass is 729 g/mol. The van der Waals surface area contributed by atoms with Crippen molar-refractivity contribution in [2.24, 2.45) is 0 Å². The summed E-state index contributed by atoms with van der Waals surface area (Å²) in [6, 6.07) is 20.8. The molecule has 0 spiro atoms. The number of carbonyl (C=O) groups is 2. The van der Waals surface area contributed by atoms with Gasteiger partial charge in [-0.1, -0.05) is 54.1 Å². The topological polar surface area (TPSA) is 126 Å². The minimum atomic E-state index is -4.16. The molecule has 0 aliphatic heterocycles. The van der Waals surface area contributed by atoms with E-state index in [-0.39, 0.29) is 34.6 Å². The van der Waals surface area contributed by atoms with Gasteiger partial charge in [-0.2, -0.15) is 17.6 Å². The molecule has 0 saturated heterocycles. The number of hydrogen-bond acceptors (Lipinski definition) is 8. The summed E-state index contributed by atoms with van der Waals surface area (Å²) in [5.74, 6) is -0.587. The molecule has 274 valence electrons. The number of carbonyl (C=O) groups excluding carboxylic acids is 2. The summed E-state index contributed by atoms with van der Waals surface area (Å²) >= 11 is 0. The third kappa shape index (κ3) is 8.97. The number of aryl methyl sites for hydroxylation is 1. The number of hydrogen-bond donors (Lipinski definition) is 1. The van der Waals surface area contributed by atoms with Gasteiger partial charge in [0.25, 0.3) is 10.0 Å². The van der Waals surface area contributed by atoms with Crippen molar-refractivity contribution in [1.82, 2.24) is 14.5 Å². The highest BCUT2D eigenvalue weighted by Gasteiger charge is 2.25. The number of amides is 1. The van der Waals surface area contributed by atoms with E-state index >= 15 is 4.39 Å². The molecule has 1 atom stereocenters. The van der Waals surface area contributed by atoms with Gasteiger partial charge in [0.1, 0.15) is 29.4 Å². The Kier molecular flexibility index (Phi) is 10.8. The highest BCUT2D eigenvalue weighted by atomic mass is 32.2. The molecule has 0 saturated carbocycles. The van der Waals surface area contributed by atoms with Gasteiger partial charge in [-0.25, -0.2) is 9.18 Å². The number of rotatable bonds is 10. The van der Waals surface area contributed by atoms with Crippen LogP contribution in [0.15, 0.2) is 90.0 Å². The zero-order valence-corrected chi connectivity index (χ0v) is 31.4. The Bertz CT molecular complexity index is 2220. The molecule has 0 fully saturated rings. The molecule has 5 rings (SSSR count). The van der Waals surface area contributed by atoms with Gasteiger partial charge >= 0.3 is 12.1 Å². The first-order valence-corrected chi connectivity index (χ1v) is 18.3. The summed E-state index contributed by atoms with van der Waals surface area (Å²) in [6.45, 7) is 14.0. The smallest absolute Gasteiger partial charge is 0.408 e. The molecule has 0 bridgehead atoms. The number of esters is 1. The minimum absolute atomic E-state index is 0.0247. The predicted molar refractivity (Wildman–Crippen MR) is 197 cm³/mol. The maximum atomic E-state index is 16.4. The third-order valence-corrected chi connectivity index (χ3v) is 9.55. The van der Waals surface area contributed by atoms with Crippen LogP contribution in [0.5, 0.6) is 5.75 Å². The largest absolute Gasteiger partial charge is 0.489 e. The minimum Gasteiger partial charge on any atom is -0.489 e. The molecule has 10 nitrogen and oxygen atoms in total. The molecular formula is C40H44FN3O7S. The van der Waals surface area contributed by atoms with E-state index in [0.29, 0.717) is 27.8 Å². The SMILES string of the molecule is Cc1ccc(S(=O)(=O)n2ncc3c(COc4ccccc4CC(=O)OC(C)(C)C)cc(-c4cccc(C(C)NC(=O)OC(C)(C)C)c4F)cc32)cc1. The van der Waals surface area contributed by atoms with E-state index in [9.17, 15) is 18.0 Å². The normalized spacial score (nSPS) is 12.7. The maximum Gasteiger partial charge on any atom is 0.408 e. The Morgan fingerprint density at radius 1 is 0.885 bits per heavy atom. The molecule has 4 aromatic carbocycles. The van der Waals surface area contributed by atoms with Crippen molar-refractivity contribution in [2.45, 2.75) is 90.6 Å². The van der Waals surface area contributed by atoms with Crippen LogP contribution in [0, 0.1) is 12.7 Å². The van der Waals surface area contributed by atoms with E-state index < -0.39 is 45.1 Å². The molecule has 1 heterocycles. The lowest BCUT2D eigenvalue weighted by molar-refractivity contribution is -0.153. The first kappa shape index (κ1) is 38.0. The number of halogens is 1.